The molecule has 2 aromatic carbocycles. The van der Waals surface area contributed by atoms with E-state index in [1.54, 1.807) is 54.6 Å². The summed E-state index contributed by atoms with van der Waals surface area (Å²) in [6.45, 7) is 0.599. The Morgan fingerprint density at radius 3 is 2.55 bits per heavy atom. The number of anilines is 2. The average molecular weight is 410 g/mol. The van der Waals surface area contributed by atoms with Crippen LogP contribution in [0.5, 0.6) is 0 Å². The van der Waals surface area contributed by atoms with Crippen LogP contribution in [0, 0.1) is 10.1 Å². The first-order chi connectivity index (χ1) is 14.0. The van der Waals surface area contributed by atoms with Crippen LogP contribution in [0.15, 0.2) is 66.0 Å². The second-order valence-corrected chi connectivity index (χ2v) is 6.92. The zero-order valence-corrected chi connectivity index (χ0v) is 16.1. The van der Waals surface area contributed by atoms with Crippen LogP contribution >= 0.6 is 11.3 Å². The van der Waals surface area contributed by atoms with Crippen LogP contribution in [0.3, 0.4) is 0 Å². The Morgan fingerprint density at radius 1 is 0.966 bits per heavy atom. The van der Waals surface area contributed by atoms with Gasteiger partial charge in [-0.25, -0.2) is 0 Å². The van der Waals surface area contributed by atoms with E-state index in [1.165, 1.54) is 17.4 Å². The van der Waals surface area contributed by atoms with Crippen LogP contribution in [-0.4, -0.2) is 29.8 Å². The van der Waals surface area contributed by atoms with Crippen LogP contribution in [0.4, 0.5) is 17.1 Å². The van der Waals surface area contributed by atoms with Gasteiger partial charge in [0, 0.05) is 30.4 Å². The van der Waals surface area contributed by atoms with Crippen LogP contribution in [0.1, 0.15) is 20.0 Å². The van der Waals surface area contributed by atoms with E-state index in [2.05, 4.69) is 16.0 Å². The SMILES string of the molecule is O=C(NCCNc1ccccc1[N+](=O)[O-])c1cccc(NC(=O)c2cccs2)c1. The normalized spacial score (nSPS) is 10.2. The number of nitrogens with one attached hydrogen (secondary N) is 3. The molecular weight excluding hydrogens is 392 g/mol. The molecular formula is C20H18N4O4S. The van der Waals surface area contributed by atoms with E-state index < -0.39 is 4.92 Å². The first-order valence-electron chi connectivity index (χ1n) is 8.75. The van der Waals surface area contributed by atoms with Crippen molar-refractivity contribution in [1.29, 1.82) is 0 Å². The van der Waals surface area contributed by atoms with Crippen LogP contribution in [-0.2, 0) is 0 Å². The number of thiophene rings is 1. The molecule has 148 valence electrons. The summed E-state index contributed by atoms with van der Waals surface area (Å²) in [5.41, 5.74) is 1.30. The molecule has 3 N–H and O–H groups in total. The van der Waals surface area contributed by atoms with Crippen molar-refractivity contribution in [3.05, 3.63) is 86.6 Å². The maximum absolute atomic E-state index is 12.3. The number of nitrogens with zero attached hydrogens (tertiary/aromatic N) is 1. The molecule has 1 heterocycles. The first-order valence-corrected chi connectivity index (χ1v) is 9.63. The molecule has 9 heteroatoms. The summed E-state index contributed by atoms with van der Waals surface area (Å²) in [5, 5.41) is 21.3. The molecule has 2 amide bonds. The second kappa shape index (κ2) is 9.47. The van der Waals surface area contributed by atoms with Crippen molar-refractivity contribution < 1.29 is 14.5 Å². The lowest BCUT2D eigenvalue weighted by Gasteiger charge is -2.09. The zero-order chi connectivity index (χ0) is 20.6. The number of rotatable bonds is 8. The lowest BCUT2D eigenvalue weighted by atomic mass is 10.2. The highest BCUT2D eigenvalue weighted by molar-refractivity contribution is 7.12. The fourth-order valence-electron chi connectivity index (χ4n) is 2.60. The number of carbonyl (C=O) groups excluding carboxylic acids is 2. The highest BCUT2D eigenvalue weighted by atomic mass is 32.1. The number of amides is 2. The van der Waals surface area contributed by atoms with Crippen LogP contribution in [0.25, 0.3) is 0 Å². The molecule has 0 saturated heterocycles. The molecule has 0 atom stereocenters. The van der Waals surface area contributed by atoms with E-state index in [4.69, 9.17) is 0 Å². The number of para-hydroxylation sites is 2. The Bertz CT molecular complexity index is 1020. The van der Waals surface area contributed by atoms with Gasteiger partial charge in [0.1, 0.15) is 5.69 Å². The molecule has 29 heavy (non-hydrogen) atoms. The van der Waals surface area contributed by atoms with Crippen molar-refractivity contribution in [2.24, 2.45) is 0 Å². The molecule has 3 aromatic rings. The van der Waals surface area contributed by atoms with Crippen molar-refractivity contribution in [2.75, 3.05) is 23.7 Å². The maximum atomic E-state index is 12.3. The molecule has 0 aliphatic rings. The molecule has 0 fully saturated rings. The minimum atomic E-state index is -0.461. The van der Waals surface area contributed by atoms with E-state index in [1.807, 2.05) is 5.38 Å². The predicted molar refractivity (Wildman–Crippen MR) is 113 cm³/mol. The lowest BCUT2D eigenvalue weighted by Crippen LogP contribution is -2.29. The Labute approximate surface area is 170 Å². The molecule has 8 nitrogen and oxygen atoms in total. The summed E-state index contributed by atoms with van der Waals surface area (Å²) >= 11 is 1.33. The minimum absolute atomic E-state index is 0.0204. The van der Waals surface area contributed by atoms with Gasteiger partial charge in [-0.1, -0.05) is 24.3 Å². The number of nitro benzene ring substituents is 1. The van der Waals surface area contributed by atoms with Crippen molar-refractivity contribution in [1.82, 2.24) is 5.32 Å². The van der Waals surface area contributed by atoms with Crippen molar-refractivity contribution >= 4 is 40.2 Å². The standard InChI is InChI=1S/C20H18N4O4S/c25-19(22-11-10-21-16-7-1-2-8-17(16)24(27)28)14-5-3-6-15(13-14)23-20(26)18-9-4-12-29-18/h1-9,12-13,21H,10-11H2,(H,22,25)(H,23,26). The maximum Gasteiger partial charge on any atom is 0.292 e. The van der Waals surface area contributed by atoms with Gasteiger partial charge in [-0.15, -0.1) is 11.3 Å². The number of hydrogen-bond acceptors (Lipinski definition) is 6. The van der Waals surface area contributed by atoms with Crippen LogP contribution < -0.4 is 16.0 Å². The Morgan fingerprint density at radius 2 is 1.79 bits per heavy atom. The van der Waals surface area contributed by atoms with Crippen molar-refractivity contribution in [3.8, 4) is 0 Å². The van der Waals surface area contributed by atoms with E-state index in [0.29, 0.717) is 28.4 Å². The molecule has 0 aliphatic heterocycles. The van der Waals surface area contributed by atoms with Gasteiger partial charge in [-0.05, 0) is 35.7 Å². The van der Waals surface area contributed by atoms with Crippen LogP contribution in [0.2, 0.25) is 0 Å². The third kappa shape index (κ3) is 5.39. The number of hydrogen-bond donors (Lipinski definition) is 3. The summed E-state index contributed by atoms with van der Waals surface area (Å²) < 4.78 is 0. The summed E-state index contributed by atoms with van der Waals surface area (Å²) in [4.78, 5) is 35.6. The number of benzene rings is 2. The molecule has 0 spiro atoms. The fourth-order valence-corrected chi connectivity index (χ4v) is 3.22. The molecule has 1 aromatic heterocycles. The third-order valence-corrected chi connectivity index (χ3v) is 4.82. The number of carbonyl (C=O) groups is 2. The summed E-state index contributed by atoms with van der Waals surface area (Å²) in [6, 6.07) is 16.5. The zero-order valence-electron chi connectivity index (χ0n) is 15.3. The van der Waals surface area contributed by atoms with Gasteiger partial charge in [0.2, 0.25) is 0 Å². The lowest BCUT2D eigenvalue weighted by molar-refractivity contribution is -0.384. The topological polar surface area (TPSA) is 113 Å². The smallest absolute Gasteiger partial charge is 0.292 e. The van der Waals surface area contributed by atoms with Crippen molar-refractivity contribution in [2.45, 2.75) is 0 Å². The summed E-state index contributed by atoms with van der Waals surface area (Å²) in [5.74, 6) is -0.534. The van der Waals surface area contributed by atoms with Gasteiger partial charge >= 0.3 is 0 Å². The highest BCUT2D eigenvalue weighted by Crippen LogP contribution is 2.22. The molecule has 0 saturated carbocycles. The summed E-state index contributed by atoms with van der Waals surface area (Å²) in [7, 11) is 0. The number of nitro groups is 1. The van der Waals surface area contributed by atoms with Gasteiger partial charge in [-0.2, -0.15) is 0 Å². The summed E-state index contributed by atoms with van der Waals surface area (Å²) in [6.07, 6.45) is 0. The predicted octanol–water partition coefficient (Wildman–Crippen LogP) is 3.75. The molecule has 0 unspecified atom stereocenters. The average Bonchev–Trinajstić information content (AvgIpc) is 3.26. The minimum Gasteiger partial charge on any atom is -0.378 e. The molecule has 3 rings (SSSR count). The van der Waals surface area contributed by atoms with Gasteiger partial charge in [0.05, 0.1) is 9.80 Å². The van der Waals surface area contributed by atoms with E-state index >= 15 is 0 Å². The van der Waals surface area contributed by atoms with Crippen molar-refractivity contribution in [3.63, 3.8) is 0 Å². The quantitative estimate of drug-likeness (QED) is 0.297. The van der Waals surface area contributed by atoms with E-state index in [-0.39, 0.29) is 24.0 Å². The largest absolute Gasteiger partial charge is 0.378 e. The highest BCUT2D eigenvalue weighted by Gasteiger charge is 2.12. The molecule has 0 aliphatic carbocycles. The van der Waals surface area contributed by atoms with E-state index in [0.717, 1.165) is 0 Å². The third-order valence-electron chi connectivity index (χ3n) is 3.95. The van der Waals surface area contributed by atoms with Gasteiger partial charge < -0.3 is 16.0 Å². The second-order valence-electron chi connectivity index (χ2n) is 5.97. The Kier molecular flexibility index (Phi) is 6.54. The fraction of sp³-hybridized carbons (Fsp3) is 0.100. The van der Waals surface area contributed by atoms with Gasteiger partial charge in [0.25, 0.3) is 17.5 Å². The van der Waals surface area contributed by atoms with E-state index in [9.17, 15) is 19.7 Å². The Hall–Kier alpha value is -3.72. The molecule has 0 bridgehead atoms. The van der Waals surface area contributed by atoms with Gasteiger partial charge in [0.15, 0.2) is 0 Å². The monoisotopic (exact) mass is 410 g/mol. The first kappa shape index (κ1) is 20.0. The van der Waals surface area contributed by atoms with Gasteiger partial charge in [-0.3, -0.25) is 19.7 Å². The Balaban J connectivity index is 1.52. The molecule has 0 radical (unpaired) electrons.